The topological polar surface area (TPSA) is 58.8 Å². The molecule has 6 heteroatoms. The Kier molecular flexibility index (Phi) is 5.52. The van der Waals surface area contributed by atoms with Crippen LogP contribution in [0.25, 0.3) is 0 Å². The lowest BCUT2D eigenvalue weighted by atomic mass is 10.1. The Balaban J connectivity index is 1.80. The molecule has 0 bridgehead atoms. The van der Waals surface area contributed by atoms with Gasteiger partial charge in [-0.1, -0.05) is 6.07 Å². The van der Waals surface area contributed by atoms with E-state index in [2.05, 4.69) is 9.80 Å². The molecular weight excluding hydrogens is 273 g/mol. The van der Waals surface area contributed by atoms with E-state index in [1.807, 2.05) is 6.07 Å². The summed E-state index contributed by atoms with van der Waals surface area (Å²) in [5, 5.41) is 0. The molecule has 0 radical (unpaired) electrons. The zero-order chi connectivity index (χ0) is 15.2. The number of amides is 1. The Morgan fingerprint density at radius 1 is 1.29 bits per heavy atom. The molecule has 0 aliphatic carbocycles. The first-order valence-electron chi connectivity index (χ1n) is 7.14. The highest BCUT2D eigenvalue weighted by Crippen LogP contribution is 2.19. The van der Waals surface area contributed by atoms with Gasteiger partial charge in [-0.15, -0.1) is 0 Å². The smallest absolute Gasteiger partial charge is 0.218 e. The van der Waals surface area contributed by atoms with Crippen molar-refractivity contribution in [2.75, 3.05) is 39.8 Å². The van der Waals surface area contributed by atoms with Crippen LogP contribution in [-0.2, 0) is 11.3 Å². The molecule has 1 aliphatic heterocycles. The number of ether oxygens (including phenoxy) is 1. The van der Waals surface area contributed by atoms with Crippen molar-refractivity contribution < 1.29 is 13.9 Å². The van der Waals surface area contributed by atoms with Crippen molar-refractivity contribution in [3.63, 3.8) is 0 Å². The number of piperazine rings is 1. The second-order valence-electron chi connectivity index (χ2n) is 5.30. The molecule has 21 heavy (non-hydrogen) atoms. The number of halogens is 1. The highest BCUT2D eigenvalue weighted by molar-refractivity contribution is 5.73. The van der Waals surface area contributed by atoms with Crippen LogP contribution in [0.15, 0.2) is 18.2 Å². The summed E-state index contributed by atoms with van der Waals surface area (Å²) < 4.78 is 18.6. The largest absolute Gasteiger partial charge is 0.494 e. The van der Waals surface area contributed by atoms with Crippen molar-refractivity contribution in [1.29, 1.82) is 0 Å². The molecule has 1 aromatic carbocycles. The summed E-state index contributed by atoms with van der Waals surface area (Å²) >= 11 is 0. The molecule has 1 fully saturated rings. The summed E-state index contributed by atoms with van der Waals surface area (Å²) in [5.74, 6) is -0.309. The Bertz CT molecular complexity index is 488. The Morgan fingerprint density at radius 3 is 2.52 bits per heavy atom. The standard InChI is InChI=1S/C15H22FN3O2/c1-21-14-3-2-12(10-13(14)16)11-19-8-6-18(7-9-19)5-4-15(17)20/h2-3,10H,4-9,11H2,1H3,(H2,17,20). The third kappa shape index (κ3) is 4.68. The second kappa shape index (κ2) is 7.38. The molecule has 1 amide bonds. The number of hydrogen-bond acceptors (Lipinski definition) is 4. The number of nitrogens with zero attached hydrogens (tertiary/aromatic N) is 2. The molecule has 1 heterocycles. The third-order valence-corrected chi connectivity index (χ3v) is 3.76. The number of benzene rings is 1. The summed E-state index contributed by atoms with van der Waals surface area (Å²) in [6.45, 7) is 5.08. The molecule has 1 saturated heterocycles. The number of nitrogens with two attached hydrogens (primary N) is 1. The fourth-order valence-electron chi connectivity index (χ4n) is 2.51. The van der Waals surface area contributed by atoms with E-state index in [1.54, 1.807) is 6.07 Å². The van der Waals surface area contributed by atoms with Crippen LogP contribution >= 0.6 is 0 Å². The van der Waals surface area contributed by atoms with Crippen LogP contribution in [0.1, 0.15) is 12.0 Å². The molecule has 0 unspecified atom stereocenters. The van der Waals surface area contributed by atoms with E-state index in [0.29, 0.717) is 6.42 Å². The number of primary amides is 1. The van der Waals surface area contributed by atoms with Crippen LogP contribution in [0.3, 0.4) is 0 Å². The van der Waals surface area contributed by atoms with Crippen molar-refractivity contribution in [2.45, 2.75) is 13.0 Å². The van der Waals surface area contributed by atoms with E-state index < -0.39 is 0 Å². The molecule has 2 rings (SSSR count). The van der Waals surface area contributed by atoms with Crippen LogP contribution < -0.4 is 10.5 Å². The highest BCUT2D eigenvalue weighted by atomic mass is 19.1. The van der Waals surface area contributed by atoms with Gasteiger partial charge in [0.1, 0.15) is 0 Å². The quantitative estimate of drug-likeness (QED) is 0.844. The SMILES string of the molecule is COc1ccc(CN2CCN(CCC(N)=O)CC2)cc1F. The maximum absolute atomic E-state index is 13.6. The number of methoxy groups -OCH3 is 1. The van der Waals surface area contributed by atoms with E-state index in [1.165, 1.54) is 13.2 Å². The van der Waals surface area contributed by atoms with Crippen molar-refractivity contribution >= 4 is 5.91 Å². The lowest BCUT2D eigenvalue weighted by Gasteiger charge is -2.34. The van der Waals surface area contributed by atoms with Gasteiger partial charge < -0.3 is 15.4 Å². The first-order valence-corrected chi connectivity index (χ1v) is 7.14. The molecule has 2 N–H and O–H groups in total. The van der Waals surface area contributed by atoms with E-state index in [9.17, 15) is 9.18 Å². The fourth-order valence-corrected chi connectivity index (χ4v) is 2.51. The predicted octanol–water partition coefficient (Wildman–Crippen LogP) is 0.827. The Morgan fingerprint density at radius 2 is 1.95 bits per heavy atom. The number of carbonyl (C=O) groups excluding carboxylic acids is 1. The Hall–Kier alpha value is -1.66. The monoisotopic (exact) mass is 295 g/mol. The summed E-state index contributed by atoms with van der Waals surface area (Å²) in [4.78, 5) is 15.3. The van der Waals surface area contributed by atoms with E-state index in [-0.39, 0.29) is 17.5 Å². The molecule has 5 nitrogen and oxygen atoms in total. The molecule has 0 atom stereocenters. The van der Waals surface area contributed by atoms with Crippen LogP contribution in [-0.4, -0.2) is 55.5 Å². The number of carbonyl (C=O) groups is 1. The van der Waals surface area contributed by atoms with Gasteiger partial charge in [-0.25, -0.2) is 4.39 Å². The van der Waals surface area contributed by atoms with Crippen molar-refractivity contribution in [2.24, 2.45) is 5.73 Å². The van der Waals surface area contributed by atoms with Crippen molar-refractivity contribution in [3.05, 3.63) is 29.6 Å². The third-order valence-electron chi connectivity index (χ3n) is 3.76. The minimum Gasteiger partial charge on any atom is -0.494 e. The summed E-state index contributed by atoms with van der Waals surface area (Å²) in [6.07, 6.45) is 0.406. The molecule has 116 valence electrons. The zero-order valence-electron chi connectivity index (χ0n) is 12.3. The normalized spacial score (nSPS) is 16.9. The zero-order valence-corrected chi connectivity index (χ0v) is 12.3. The van der Waals surface area contributed by atoms with Gasteiger partial charge in [-0.2, -0.15) is 0 Å². The van der Waals surface area contributed by atoms with Crippen LogP contribution in [0.5, 0.6) is 5.75 Å². The maximum atomic E-state index is 13.6. The Labute approximate surface area is 124 Å². The van der Waals surface area contributed by atoms with Crippen molar-refractivity contribution in [3.8, 4) is 5.75 Å². The van der Waals surface area contributed by atoms with Crippen LogP contribution in [0, 0.1) is 5.82 Å². The van der Waals surface area contributed by atoms with Crippen molar-refractivity contribution in [1.82, 2.24) is 9.80 Å². The predicted molar refractivity (Wildman–Crippen MR) is 78.5 cm³/mol. The fraction of sp³-hybridized carbons (Fsp3) is 0.533. The number of hydrogen-bond donors (Lipinski definition) is 1. The minimum absolute atomic E-state index is 0.258. The highest BCUT2D eigenvalue weighted by Gasteiger charge is 2.17. The summed E-state index contributed by atoms with van der Waals surface area (Å²) in [6, 6.07) is 5.08. The first-order chi connectivity index (χ1) is 10.1. The van der Waals surface area contributed by atoms with Gasteiger partial charge in [-0.3, -0.25) is 9.69 Å². The molecule has 1 aromatic rings. The summed E-state index contributed by atoms with van der Waals surface area (Å²) in [5.41, 5.74) is 6.10. The molecule has 0 saturated carbocycles. The van der Waals surface area contributed by atoms with Gasteiger partial charge in [-0.05, 0) is 17.7 Å². The van der Waals surface area contributed by atoms with Gasteiger partial charge in [0.2, 0.25) is 5.91 Å². The first kappa shape index (κ1) is 15.7. The van der Waals surface area contributed by atoms with E-state index >= 15 is 0 Å². The van der Waals surface area contributed by atoms with Gasteiger partial charge in [0.15, 0.2) is 11.6 Å². The lowest BCUT2D eigenvalue weighted by Crippen LogP contribution is -2.46. The minimum atomic E-state index is -0.324. The lowest BCUT2D eigenvalue weighted by molar-refractivity contribution is -0.118. The van der Waals surface area contributed by atoms with Gasteiger partial charge in [0, 0.05) is 45.7 Å². The molecule has 1 aliphatic rings. The average Bonchev–Trinajstić information content (AvgIpc) is 2.47. The maximum Gasteiger partial charge on any atom is 0.218 e. The number of rotatable bonds is 6. The van der Waals surface area contributed by atoms with Gasteiger partial charge in [0.25, 0.3) is 0 Å². The van der Waals surface area contributed by atoms with Crippen LogP contribution in [0.2, 0.25) is 0 Å². The van der Waals surface area contributed by atoms with E-state index in [4.69, 9.17) is 10.5 Å². The molecule has 0 spiro atoms. The summed E-state index contributed by atoms with van der Waals surface area (Å²) in [7, 11) is 1.46. The van der Waals surface area contributed by atoms with Crippen LogP contribution in [0.4, 0.5) is 4.39 Å². The average molecular weight is 295 g/mol. The van der Waals surface area contributed by atoms with Gasteiger partial charge in [0.05, 0.1) is 7.11 Å². The second-order valence-corrected chi connectivity index (χ2v) is 5.30. The molecule has 0 aromatic heterocycles. The molecular formula is C15H22FN3O2. The van der Waals surface area contributed by atoms with Gasteiger partial charge >= 0.3 is 0 Å². The van der Waals surface area contributed by atoms with E-state index in [0.717, 1.165) is 44.8 Å².